The Labute approximate surface area is 146 Å². The highest BCUT2D eigenvalue weighted by atomic mass is 16.5. The van der Waals surface area contributed by atoms with Crippen LogP contribution < -0.4 is 10.1 Å². The Morgan fingerprint density at radius 1 is 1.28 bits per heavy atom. The number of fused-ring (bicyclic) bond motifs is 1. The molecule has 0 radical (unpaired) electrons. The number of aromatic hydroxyl groups is 1. The molecule has 0 aromatic heterocycles. The monoisotopic (exact) mass is 345 g/mol. The summed E-state index contributed by atoms with van der Waals surface area (Å²) in [4.78, 5) is 25.5. The lowest BCUT2D eigenvalue weighted by molar-refractivity contribution is -0.147. The number of phenolic OH excluding ortho intramolecular Hbond substituents is 1. The SMILES string of the molecule is C/C1=C\C(C)C(O)c2cc(O)cc3c2OC(C)(C(=O)N3)C(=O)C(C)C1. The van der Waals surface area contributed by atoms with Crippen LogP contribution in [0.2, 0.25) is 0 Å². The lowest BCUT2D eigenvalue weighted by Crippen LogP contribution is -2.56. The molecule has 0 saturated carbocycles. The van der Waals surface area contributed by atoms with Gasteiger partial charge in [0.15, 0.2) is 11.5 Å². The number of ketones is 1. The smallest absolute Gasteiger partial charge is 0.276 e. The number of hydrogen-bond donors (Lipinski definition) is 3. The second kappa shape index (κ2) is 5.88. The minimum atomic E-state index is -1.67. The van der Waals surface area contributed by atoms with E-state index in [-0.39, 0.29) is 28.9 Å². The second-order valence-corrected chi connectivity index (χ2v) is 7.29. The summed E-state index contributed by atoms with van der Waals surface area (Å²) in [6, 6.07) is 2.76. The Bertz CT molecular complexity index is 784. The number of carbonyl (C=O) groups excluding carboxylic acids is 2. The van der Waals surface area contributed by atoms with Crippen LogP contribution in [0.1, 0.15) is 45.8 Å². The van der Waals surface area contributed by atoms with Gasteiger partial charge in [0.2, 0.25) is 5.60 Å². The molecule has 6 heteroatoms. The minimum absolute atomic E-state index is 0.0947. The van der Waals surface area contributed by atoms with Gasteiger partial charge in [-0.05, 0) is 26.3 Å². The molecule has 0 spiro atoms. The van der Waals surface area contributed by atoms with Gasteiger partial charge in [-0.15, -0.1) is 0 Å². The second-order valence-electron chi connectivity index (χ2n) is 7.29. The van der Waals surface area contributed by atoms with Crippen molar-refractivity contribution in [2.75, 3.05) is 5.32 Å². The fourth-order valence-electron chi connectivity index (χ4n) is 3.65. The van der Waals surface area contributed by atoms with E-state index < -0.39 is 23.5 Å². The highest BCUT2D eigenvalue weighted by molar-refractivity contribution is 6.16. The molecule has 2 aliphatic rings. The summed E-state index contributed by atoms with van der Waals surface area (Å²) in [5, 5.41) is 23.4. The number of aliphatic hydroxyl groups is 1. The van der Waals surface area contributed by atoms with E-state index in [1.54, 1.807) is 6.92 Å². The molecular formula is C19H23NO5. The molecule has 2 heterocycles. The van der Waals surface area contributed by atoms with Crippen LogP contribution in [0.3, 0.4) is 0 Å². The number of allylic oxidation sites excluding steroid dienone is 1. The van der Waals surface area contributed by atoms with E-state index in [0.717, 1.165) is 5.57 Å². The van der Waals surface area contributed by atoms with Gasteiger partial charge in [-0.25, -0.2) is 0 Å². The number of anilines is 1. The quantitative estimate of drug-likeness (QED) is 0.496. The van der Waals surface area contributed by atoms with Gasteiger partial charge in [-0.2, -0.15) is 0 Å². The van der Waals surface area contributed by atoms with Crippen LogP contribution in [0.25, 0.3) is 0 Å². The molecular weight excluding hydrogens is 322 g/mol. The number of carbonyl (C=O) groups is 2. The number of Topliss-reactive ketones (excluding diaryl/α,β-unsaturated/α-hetero) is 1. The lowest BCUT2D eigenvalue weighted by atomic mass is 9.85. The fourth-order valence-corrected chi connectivity index (χ4v) is 3.65. The molecule has 4 unspecified atom stereocenters. The average molecular weight is 345 g/mol. The molecule has 3 N–H and O–H groups in total. The molecule has 0 saturated heterocycles. The van der Waals surface area contributed by atoms with Gasteiger partial charge in [0.1, 0.15) is 5.75 Å². The number of rotatable bonds is 0. The van der Waals surface area contributed by atoms with Crippen LogP contribution in [-0.4, -0.2) is 27.5 Å². The van der Waals surface area contributed by atoms with Crippen molar-refractivity contribution in [3.05, 3.63) is 29.3 Å². The summed E-state index contributed by atoms with van der Waals surface area (Å²) in [5.41, 5.74) is -0.117. The molecule has 25 heavy (non-hydrogen) atoms. The van der Waals surface area contributed by atoms with Crippen LogP contribution in [0.4, 0.5) is 5.69 Å². The molecule has 1 amide bonds. The van der Waals surface area contributed by atoms with Gasteiger partial charge < -0.3 is 20.3 Å². The van der Waals surface area contributed by atoms with Gasteiger partial charge in [0, 0.05) is 23.5 Å². The zero-order valence-electron chi connectivity index (χ0n) is 14.8. The average Bonchev–Trinajstić information content (AvgIpc) is 2.53. The maximum atomic E-state index is 12.9. The predicted octanol–water partition coefficient (Wildman–Crippen LogP) is 2.71. The van der Waals surface area contributed by atoms with Crippen molar-refractivity contribution >= 4 is 17.4 Å². The molecule has 2 aliphatic heterocycles. The Kier molecular flexibility index (Phi) is 4.11. The van der Waals surface area contributed by atoms with Crippen LogP contribution >= 0.6 is 0 Å². The normalized spacial score (nSPS) is 34.3. The summed E-state index contributed by atoms with van der Waals surface area (Å²) in [6.45, 7) is 6.98. The van der Waals surface area contributed by atoms with E-state index in [1.807, 2.05) is 19.9 Å². The number of hydrogen-bond acceptors (Lipinski definition) is 5. The minimum Gasteiger partial charge on any atom is -0.508 e. The molecule has 6 nitrogen and oxygen atoms in total. The van der Waals surface area contributed by atoms with E-state index in [1.165, 1.54) is 19.1 Å². The predicted molar refractivity (Wildman–Crippen MR) is 92.4 cm³/mol. The molecule has 0 fully saturated rings. The number of aliphatic hydroxyl groups excluding tert-OH is 1. The van der Waals surface area contributed by atoms with Gasteiger partial charge >= 0.3 is 0 Å². The van der Waals surface area contributed by atoms with Gasteiger partial charge in [-0.3, -0.25) is 9.59 Å². The maximum absolute atomic E-state index is 12.9. The zero-order chi connectivity index (χ0) is 18.5. The number of nitrogens with one attached hydrogen (secondary N) is 1. The van der Waals surface area contributed by atoms with Crippen LogP contribution in [0.15, 0.2) is 23.8 Å². The number of ether oxygens (including phenoxy) is 1. The number of phenols is 1. The first kappa shape index (κ1) is 17.5. The van der Waals surface area contributed by atoms with Crippen molar-refractivity contribution in [2.45, 2.75) is 45.8 Å². The third kappa shape index (κ3) is 2.80. The van der Waals surface area contributed by atoms with E-state index in [4.69, 9.17) is 4.74 Å². The molecule has 4 atom stereocenters. The van der Waals surface area contributed by atoms with E-state index in [0.29, 0.717) is 12.0 Å². The molecule has 3 rings (SSSR count). The van der Waals surface area contributed by atoms with Crippen molar-refractivity contribution in [1.29, 1.82) is 0 Å². The zero-order valence-corrected chi connectivity index (χ0v) is 14.8. The standard InChI is InChI=1S/C19H23NO5/c1-9-5-10(2)15(22)13-7-12(21)8-14-16(13)25-19(4,18(24)20-14)17(23)11(3)6-9/h5,7-8,10-11,15,21-22H,6H2,1-4H3,(H,20,24)/b9-5+. The first-order valence-electron chi connectivity index (χ1n) is 8.40. The Hall–Kier alpha value is -2.34. The number of benzene rings is 1. The highest BCUT2D eigenvalue weighted by Crippen LogP contribution is 2.45. The molecule has 1 aromatic carbocycles. The summed E-state index contributed by atoms with van der Waals surface area (Å²) >= 11 is 0. The van der Waals surface area contributed by atoms with Crippen LogP contribution in [0.5, 0.6) is 11.5 Å². The molecule has 134 valence electrons. The fraction of sp³-hybridized carbons (Fsp3) is 0.474. The van der Waals surface area contributed by atoms with Gasteiger partial charge in [0.25, 0.3) is 5.91 Å². The van der Waals surface area contributed by atoms with E-state index in [2.05, 4.69) is 5.32 Å². The topological polar surface area (TPSA) is 95.9 Å². The molecule has 0 aliphatic carbocycles. The summed E-state index contributed by atoms with van der Waals surface area (Å²) < 4.78 is 5.88. The Morgan fingerprint density at radius 2 is 1.96 bits per heavy atom. The summed E-state index contributed by atoms with van der Waals surface area (Å²) in [5.74, 6) is -1.41. The van der Waals surface area contributed by atoms with Crippen molar-refractivity contribution in [3.63, 3.8) is 0 Å². The molecule has 2 bridgehead atoms. The van der Waals surface area contributed by atoms with Crippen molar-refractivity contribution in [2.24, 2.45) is 11.8 Å². The van der Waals surface area contributed by atoms with E-state index >= 15 is 0 Å². The van der Waals surface area contributed by atoms with Crippen molar-refractivity contribution in [3.8, 4) is 11.5 Å². The Morgan fingerprint density at radius 3 is 2.64 bits per heavy atom. The largest absolute Gasteiger partial charge is 0.508 e. The number of amides is 1. The summed E-state index contributed by atoms with van der Waals surface area (Å²) in [6.07, 6.45) is 1.45. The van der Waals surface area contributed by atoms with Crippen molar-refractivity contribution < 1.29 is 24.5 Å². The first-order valence-corrected chi connectivity index (χ1v) is 8.40. The van der Waals surface area contributed by atoms with Crippen LogP contribution in [-0.2, 0) is 9.59 Å². The maximum Gasteiger partial charge on any atom is 0.276 e. The lowest BCUT2D eigenvalue weighted by Gasteiger charge is -2.36. The van der Waals surface area contributed by atoms with Crippen LogP contribution in [0, 0.1) is 11.8 Å². The first-order chi connectivity index (χ1) is 11.6. The van der Waals surface area contributed by atoms with Gasteiger partial charge in [-0.1, -0.05) is 25.5 Å². The van der Waals surface area contributed by atoms with Gasteiger partial charge in [0.05, 0.1) is 11.8 Å². The third-order valence-electron chi connectivity index (χ3n) is 5.00. The summed E-state index contributed by atoms with van der Waals surface area (Å²) in [7, 11) is 0. The van der Waals surface area contributed by atoms with Crippen molar-refractivity contribution in [1.82, 2.24) is 0 Å². The molecule has 1 aromatic rings. The Balaban J connectivity index is 2.25. The van der Waals surface area contributed by atoms with E-state index in [9.17, 15) is 19.8 Å². The third-order valence-corrected chi connectivity index (χ3v) is 5.00. The highest BCUT2D eigenvalue weighted by Gasteiger charge is 2.49.